The van der Waals surface area contributed by atoms with Crippen molar-refractivity contribution in [2.24, 2.45) is 0 Å². The Kier molecular flexibility index (Phi) is 2.38. The number of rotatable bonds is 2. The van der Waals surface area contributed by atoms with Gasteiger partial charge in [0.05, 0.1) is 31.5 Å². The quantitative estimate of drug-likeness (QED) is 0.178. The number of hydrogen-bond acceptors (Lipinski definition) is 1. The van der Waals surface area contributed by atoms with Gasteiger partial charge in [-0.2, -0.15) is 0 Å². The van der Waals surface area contributed by atoms with Crippen molar-refractivity contribution in [1.82, 2.24) is 0 Å². The molecule has 0 amide bonds. The van der Waals surface area contributed by atoms with Gasteiger partial charge in [-0.1, -0.05) is 141 Å². The maximum absolute atomic E-state index is 9.91. The Morgan fingerprint density at radius 1 is 0.500 bits per heavy atom. The van der Waals surface area contributed by atoms with Gasteiger partial charge in [0.1, 0.15) is 11.2 Å². The molecule has 0 spiro atoms. The van der Waals surface area contributed by atoms with E-state index in [1.807, 2.05) is 0 Å². The molecule has 0 radical (unpaired) electrons. The summed E-state index contributed by atoms with van der Waals surface area (Å²) in [5.41, 5.74) is -4.15. The van der Waals surface area contributed by atoms with Crippen LogP contribution in [0.4, 0.5) is 0 Å². The summed E-state index contributed by atoms with van der Waals surface area (Å²) in [6, 6.07) is -15.7. The van der Waals surface area contributed by atoms with Crippen LogP contribution in [0.1, 0.15) is 56.5 Å². The zero-order chi connectivity index (χ0) is 50.6. The zero-order valence-electron chi connectivity index (χ0n) is 47.0. The highest BCUT2D eigenvalue weighted by Crippen LogP contribution is 2.52. The van der Waals surface area contributed by atoms with E-state index < -0.39 is 221 Å². The van der Waals surface area contributed by atoms with Crippen LogP contribution in [0.15, 0.2) is 149 Å². The summed E-state index contributed by atoms with van der Waals surface area (Å²) in [5.74, 6) is 0. The van der Waals surface area contributed by atoms with Crippen LogP contribution in [0, 0.1) is 0 Å². The van der Waals surface area contributed by atoms with Gasteiger partial charge in [-0.05, 0) is 89.6 Å². The predicted octanol–water partition coefficient (Wildman–Crippen LogP) is 12.7. The molecule has 0 aliphatic heterocycles. The molecule has 10 rings (SSSR count). The van der Waals surface area contributed by atoms with Crippen LogP contribution in [0.5, 0.6) is 0 Å². The highest BCUT2D eigenvalue weighted by molar-refractivity contribution is 6.27. The molecule has 0 atom stereocenters. The molecule has 0 fully saturated rings. The summed E-state index contributed by atoms with van der Waals surface area (Å²) >= 11 is 0. The van der Waals surface area contributed by atoms with Gasteiger partial charge < -0.3 is 4.42 Å². The molecule has 1 aliphatic carbocycles. The van der Waals surface area contributed by atoms with Crippen molar-refractivity contribution in [3.63, 3.8) is 0 Å². The van der Waals surface area contributed by atoms with Gasteiger partial charge in [0.25, 0.3) is 0 Å². The second kappa shape index (κ2) is 9.19. The first-order chi connectivity index (χ1) is 32.2. The van der Waals surface area contributed by atoms with Gasteiger partial charge in [-0.25, -0.2) is 0 Å². The Labute approximate surface area is 299 Å². The van der Waals surface area contributed by atoms with Gasteiger partial charge in [-0.15, -0.1) is 0 Å². The molecule has 0 bridgehead atoms. The zero-order valence-corrected chi connectivity index (χ0v) is 24.0. The van der Waals surface area contributed by atoms with Crippen molar-refractivity contribution < 1.29 is 35.9 Å². The van der Waals surface area contributed by atoms with Crippen molar-refractivity contribution in [3.05, 3.63) is 156 Å². The summed E-state index contributed by atoms with van der Waals surface area (Å²) in [5, 5.41) is -3.93. The Morgan fingerprint density at radius 3 is 1.89 bits per heavy atom. The fourth-order valence-electron chi connectivity index (χ4n) is 6.65. The van der Waals surface area contributed by atoms with E-state index in [0.29, 0.717) is 0 Å². The lowest BCUT2D eigenvalue weighted by Crippen LogP contribution is -2.14. The molecular formula is C45H30O. The highest BCUT2D eigenvalue weighted by atomic mass is 16.3. The number of furan rings is 1. The number of hydrogen-bond donors (Lipinski definition) is 0. The molecule has 1 aliphatic rings. The van der Waals surface area contributed by atoms with Crippen LogP contribution in [0.25, 0.3) is 87.6 Å². The molecule has 216 valence electrons. The van der Waals surface area contributed by atoms with Crippen LogP contribution in [0.3, 0.4) is 0 Å². The van der Waals surface area contributed by atoms with Gasteiger partial charge in [0.15, 0.2) is 0 Å². The number of benzene rings is 8. The van der Waals surface area contributed by atoms with Crippen LogP contribution < -0.4 is 0 Å². The largest absolute Gasteiger partial charge is 0.455 e. The van der Waals surface area contributed by atoms with E-state index in [1.165, 1.54) is 6.07 Å². The van der Waals surface area contributed by atoms with Gasteiger partial charge >= 0.3 is 0 Å². The van der Waals surface area contributed by atoms with Gasteiger partial charge in [0, 0.05) is 21.6 Å². The van der Waals surface area contributed by atoms with Crippen molar-refractivity contribution in [2.75, 3.05) is 0 Å². The predicted molar refractivity (Wildman–Crippen MR) is 195 cm³/mol. The van der Waals surface area contributed by atoms with E-state index >= 15 is 0 Å². The monoisotopic (exact) mass is 609 g/mol. The topological polar surface area (TPSA) is 13.1 Å². The van der Waals surface area contributed by atoms with Crippen molar-refractivity contribution in [3.8, 4) is 33.4 Å². The summed E-state index contributed by atoms with van der Waals surface area (Å²) in [7, 11) is 0. The molecule has 1 nitrogen and oxygen atoms in total. The standard InChI is InChI=1S/C45H30O/c1-45(2)38-20-10-9-14-30(38)37-26-28(23-25-39(37)45)41-31-15-5-7-17-33(31)42(34-18-8-6-16-32(34)41)35-19-11-21-40-43(35)36-24-22-27-12-3-4-13-29(27)44(36)46-40/h3-26H,1-2H3/i3D,4D,5D,6D,7D,8D,9D,10D,11D,12D,13D,14D,15D,16D,17D,18D,19D,20D,21D,22D,23D,24D,26D. The SMILES string of the molecule is [2H]c1cc2c(c([2H])c1-c1c3c([2H])c([2H])c([2H])c([2H])c3c(-c3c([2H])c([2H])c([2H])c4oc5c6c([2H])c([2H])c([2H])c([2H])c6c([2H])c([2H])c5c34)c3c([2H])c([2H])c([2H])c([2H])c13)-c1c([2H])c([2H])c([2H])c([2H])c1C2(C)C. The Hall–Kier alpha value is -5.66. The minimum absolute atomic E-state index is 0.0654. The van der Waals surface area contributed by atoms with Gasteiger partial charge in [0.2, 0.25) is 0 Å². The molecule has 8 aromatic carbocycles. The van der Waals surface area contributed by atoms with E-state index in [2.05, 4.69) is 0 Å². The lowest BCUT2D eigenvalue weighted by Gasteiger charge is -2.22. The second-order valence-electron chi connectivity index (χ2n) is 11.5. The molecular weight excluding hydrogens is 556 g/mol. The third kappa shape index (κ3) is 3.35. The molecule has 46 heavy (non-hydrogen) atoms. The Balaban J connectivity index is 1.53. The average molecular weight is 610 g/mol. The summed E-state index contributed by atoms with van der Waals surface area (Å²) < 4.78 is 215. The van der Waals surface area contributed by atoms with Crippen molar-refractivity contribution in [2.45, 2.75) is 19.3 Å². The fraction of sp³-hybridized carbons (Fsp3) is 0.0667. The van der Waals surface area contributed by atoms with E-state index in [4.69, 9.17) is 25.0 Å². The Morgan fingerprint density at radius 2 is 1.13 bits per heavy atom. The Bertz CT molecular complexity index is 3940. The van der Waals surface area contributed by atoms with Crippen LogP contribution in [-0.4, -0.2) is 0 Å². The molecule has 0 unspecified atom stereocenters. The first-order valence-electron chi connectivity index (χ1n) is 25.7. The summed E-state index contributed by atoms with van der Waals surface area (Å²) in [6.07, 6.45) is 0. The van der Waals surface area contributed by atoms with Crippen molar-refractivity contribution in [1.29, 1.82) is 0 Å². The van der Waals surface area contributed by atoms with Crippen LogP contribution in [-0.2, 0) is 5.41 Å². The lowest BCUT2D eigenvalue weighted by molar-refractivity contribution is 0.660. The molecule has 0 saturated carbocycles. The molecule has 0 N–H and O–H groups in total. The maximum atomic E-state index is 9.91. The smallest absolute Gasteiger partial charge is 0.143 e. The number of fused-ring (bicyclic) bond motifs is 10. The first kappa shape index (κ1) is 11.9. The van der Waals surface area contributed by atoms with Gasteiger partial charge in [-0.3, -0.25) is 0 Å². The minimum Gasteiger partial charge on any atom is -0.455 e. The third-order valence-electron chi connectivity index (χ3n) is 8.74. The molecule has 0 saturated heterocycles. The summed E-state index contributed by atoms with van der Waals surface area (Å²) in [4.78, 5) is 0. The van der Waals surface area contributed by atoms with E-state index in [1.54, 1.807) is 13.8 Å². The average Bonchev–Trinajstić information content (AvgIpc) is 3.81. The molecule has 9 aromatic rings. The van der Waals surface area contributed by atoms with E-state index in [0.717, 1.165) is 0 Å². The van der Waals surface area contributed by atoms with Crippen molar-refractivity contribution >= 4 is 54.3 Å². The second-order valence-corrected chi connectivity index (χ2v) is 11.5. The maximum Gasteiger partial charge on any atom is 0.143 e. The van der Waals surface area contributed by atoms with Crippen LogP contribution >= 0.6 is 0 Å². The van der Waals surface area contributed by atoms with E-state index in [-0.39, 0.29) is 22.3 Å². The van der Waals surface area contributed by atoms with E-state index in [9.17, 15) is 11.0 Å². The highest BCUT2D eigenvalue weighted by Gasteiger charge is 2.35. The van der Waals surface area contributed by atoms with Crippen LogP contribution in [0.2, 0.25) is 0 Å². The molecule has 1 heterocycles. The fourth-order valence-corrected chi connectivity index (χ4v) is 6.65. The molecule has 1 aromatic heterocycles. The normalized spacial score (nSPS) is 20.6. The first-order valence-corrected chi connectivity index (χ1v) is 14.2. The summed E-state index contributed by atoms with van der Waals surface area (Å²) in [6.45, 7) is 3.29. The molecule has 1 heteroatoms. The lowest BCUT2D eigenvalue weighted by atomic mass is 9.81. The minimum atomic E-state index is -1.23. The third-order valence-corrected chi connectivity index (χ3v) is 8.74.